The molecule has 0 amide bonds. The molecule has 0 saturated carbocycles. The van der Waals surface area contributed by atoms with E-state index in [-0.39, 0.29) is 0 Å². The van der Waals surface area contributed by atoms with E-state index in [2.05, 4.69) is 25.0 Å². The Morgan fingerprint density at radius 2 is 2.00 bits per heavy atom. The third-order valence-electron chi connectivity index (χ3n) is 3.44. The smallest absolute Gasteiger partial charge is 0.106 e. The maximum atomic E-state index is 5.84. The topological polar surface area (TPSA) is 43.8 Å². The number of rotatable bonds is 3. The van der Waals surface area contributed by atoms with Gasteiger partial charge in [0, 0.05) is 11.3 Å². The lowest BCUT2D eigenvalue weighted by molar-refractivity contribution is 0.830. The molecule has 2 aromatic rings. The van der Waals surface area contributed by atoms with Gasteiger partial charge in [0.25, 0.3) is 0 Å². The van der Waals surface area contributed by atoms with Crippen LogP contribution in [0.25, 0.3) is 5.69 Å². The van der Waals surface area contributed by atoms with Crippen LogP contribution in [0.2, 0.25) is 0 Å². The van der Waals surface area contributed by atoms with Crippen molar-refractivity contribution in [2.24, 2.45) is 5.73 Å². The van der Waals surface area contributed by atoms with E-state index in [0.717, 1.165) is 34.6 Å². The molecule has 1 heterocycles. The second-order valence-electron chi connectivity index (χ2n) is 4.80. The molecule has 0 spiro atoms. The van der Waals surface area contributed by atoms with Crippen molar-refractivity contribution in [3.63, 3.8) is 0 Å². The number of aryl methyl sites for hydroxylation is 2. The van der Waals surface area contributed by atoms with E-state index in [0.29, 0.717) is 4.99 Å². The van der Waals surface area contributed by atoms with Gasteiger partial charge in [-0.25, -0.2) is 4.68 Å². The summed E-state index contributed by atoms with van der Waals surface area (Å²) in [5.41, 5.74) is 12.3. The van der Waals surface area contributed by atoms with Gasteiger partial charge in [-0.15, -0.1) is 0 Å². The highest BCUT2D eigenvalue weighted by atomic mass is 32.1. The van der Waals surface area contributed by atoms with Crippen molar-refractivity contribution in [3.8, 4) is 5.69 Å². The van der Waals surface area contributed by atoms with Crippen molar-refractivity contribution in [2.45, 2.75) is 34.1 Å². The van der Waals surface area contributed by atoms with Crippen molar-refractivity contribution in [1.29, 1.82) is 0 Å². The lowest BCUT2D eigenvalue weighted by Crippen LogP contribution is -2.15. The van der Waals surface area contributed by atoms with Gasteiger partial charge in [-0.05, 0) is 44.9 Å². The van der Waals surface area contributed by atoms with Gasteiger partial charge < -0.3 is 5.73 Å². The Balaban J connectivity index is 2.69. The summed E-state index contributed by atoms with van der Waals surface area (Å²) in [6, 6.07) is 6.10. The molecule has 0 bridgehead atoms. The van der Waals surface area contributed by atoms with E-state index < -0.39 is 0 Å². The van der Waals surface area contributed by atoms with Crippen LogP contribution in [-0.2, 0) is 6.42 Å². The highest BCUT2D eigenvalue weighted by molar-refractivity contribution is 7.80. The van der Waals surface area contributed by atoms with Gasteiger partial charge >= 0.3 is 0 Å². The molecule has 0 unspecified atom stereocenters. The SMILES string of the molecule is CCc1c(C)nn(-c2ccc(C)cc2C(N)=S)c1C. The number of nitrogens with zero attached hydrogens (tertiary/aromatic N) is 2. The van der Waals surface area contributed by atoms with Crippen LogP contribution in [0, 0.1) is 20.8 Å². The second kappa shape index (κ2) is 5.13. The quantitative estimate of drug-likeness (QED) is 0.874. The molecular formula is C15H19N3S. The van der Waals surface area contributed by atoms with Gasteiger partial charge in [0.2, 0.25) is 0 Å². The lowest BCUT2D eigenvalue weighted by atomic mass is 10.1. The first-order chi connectivity index (χ1) is 8.95. The van der Waals surface area contributed by atoms with Crippen molar-refractivity contribution in [1.82, 2.24) is 9.78 Å². The van der Waals surface area contributed by atoms with Crippen LogP contribution in [0.4, 0.5) is 0 Å². The fourth-order valence-electron chi connectivity index (χ4n) is 2.45. The Morgan fingerprint density at radius 1 is 1.32 bits per heavy atom. The van der Waals surface area contributed by atoms with Crippen LogP contribution in [0.3, 0.4) is 0 Å². The molecule has 0 saturated heterocycles. The zero-order chi connectivity index (χ0) is 14.2. The maximum absolute atomic E-state index is 5.84. The predicted octanol–water partition coefficient (Wildman–Crippen LogP) is 2.99. The highest BCUT2D eigenvalue weighted by Crippen LogP contribution is 2.22. The van der Waals surface area contributed by atoms with Gasteiger partial charge in [0.15, 0.2) is 0 Å². The summed E-state index contributed by atoms with van der Waals surface area (Å²) in [6.07, 6.45) is 0.978. The number of benzene rings is 1. The fraction of sp³-hybridized carbons (Fsp3) is 0.333. The second-order valence-corrected chi connectivity index (χ2v) is 5.24. The van der Waals surface area contributed by atoms with Gasteiger partial charge in [0.05, 0.1) is 11.4 Å². The van der Waals surface area contributed by atoms with E-state index in [9.17, 15) is 0 Å². The molecule has 0 aliphatic heterocycles. The first kappa shape index (κ1) is 13.7. The molecule has 0 aliphatic rings. The van der Waals surface area contributed by atoms with E-state index in [4.69, 9.17) is 18.0 Å². The fourth-order valence-corrected chi connectivity index (χ4v) is 2.62. The van der Waals surface area contributed by atoms with E-state index >= 15 is 0 Å². The maximum Gasteiger partial charge on any atom is 0.106 e. The van der Waals surface area contributed by atoms with Crippen molar-refractivity contribution in [2.75, 3.05) is 0 Å². The van der Waals surface area contributed by atoms with Crippen LogP contribution >= 0.6 is 12.2 Å². The Morgan fingerprint density at radius 3 is 2.53 bits per heavy atom. The number of aromatic nitrogens is 2. The third kappa shape index (κ3) is 2.40. The highest BCUT2D eigenvalue weighted by Gasteiger charge is 2.14. The standard InChI is InChI=1S/C15H19N3S/c1-5-12-10(3)17-18(11(12)4)14-7-6-9(2)8-13(14)15(16)19/h6-8H,5H2,1-4H3,(H2,16,19). The largest absolute Gasteiger partial charge is 0.389 e. The van der Waals surface area contributed by atoms with Crippen LogP contribution in [0.15, 0.2) is 18.2 Å². The van der Waals surface area contributed by atoms with Crippen molar-refractivity contribution >= 4 is 17.2 Å². The molecule has 100 valence electrons. The van der Waals surface area contributed by atoms with Crippen LogP contribution in [-0.4, -0.2) is 14.8 Å². The molecule has 1 aromatic carbocycles. The van der Waals surface area contributed by atoms with Crippen LogP contribution in [0.1, 0.15) is 35.0 Å². The summed E-state index contributed by atoms with van der Waals surface area (Å²) in [4.78, 5) is 0.407. The molecule has 0 radical (unpaired) electrons. The van der Waals surface area contributed by atoms with E-state index in [1.54, 1.807) is 0 Å². The van der Waals surface area contributed by atoms with Gasteiger partial charge in [-0.2, -0.15) is 5.10 Å². The summed E-state index contributed by atoms with van der Waals surface area (Å²) >= 11 is 5.16. The average Bonchev–Trinajstić information content (AvgIpc) is 2.64. The van der Waals surface area contributed by atoms with E-state index in [1.165, 1.54) is 5.56 Å². The molecule has 2 N–H and O–H groups in total. The minimum Gasteiger partial charge on any atom is -0.389 e. The summed E-state index contributed by atoms with van der Waals surface area (Å²) in [5, 5.41) is 4.63. The molecule has 4 heteroatoms. The van der Waals surface area contributed by atoms with Gasteiger partial charge in [-0.1, -0.05) is 30.8 Å². The number of hydrogen-bond acceptors (Lipinski definition) is 2. The number of hydrogen-bond donors (Lipinski definition) is 1. The summed E-state index contributed by atoms with van der Waals surface area (Å²) < 4.78 is 1.95. The van der Waals surface area contributed by atoms with Gasteiger partial charge in [-0.3, -0.25) is 0 Å². The monoisotopic (exact) mass is 273 g/mol. The van der Waals surface area contributed by atoms with Crippen LogP contribution < -0.4 is 5.73 Å². The molecule has 2 rings (SSSR count). The minimum absolute atomic E-state index is 0.407. The molecule has 0 fully saturated rings. The summed E-state index contributed by atoms with van der Waals surface area (Å²) in [7, 11) is 0. The lowest BCUT2D eigenvalue weighted by Gasteiger charge is -2.11. The molecule has 0 atom stereocenters. The molecule has 1 aromatic heterocycles. The minimum atomic E-state index is 0.407. The Labute approximate surface area is 119 Å². The van der Waals surface area contributed by atoms with Crippen molar-refractivity contribution < 1.29 is 0 Å². The Hall–Kier alpha value is -1.68. The third-order valence-corrected chi connectivity index (χ3v) is 3.66. The predicted molar refractivity (Wildman–Crippen MR) is 83.0 cm³/mol. The first-order valence-electron chi connectivity index (χ1n) is 6.41. The van der Waals surface area contributed by atoms with E-state index in [1.807, 2.05) is 30.7 Å². The Bertz CT molecular complexity index is 641. The number of thiocarbonyl (C=S) groups is 1. The normalized spacial score (nSPS) is 10.7. The molecule has 3 nitrogen and oxygen atoms in total. The van der Waals surface area contributed by atoms with Crippen LogP contribution in [0.5, 0.6) is 0 Å². The molecule has 19 heavy (non-hydrogen) atoms. The molecule has 0 aliphatic carbocycles. The summed E-state index contributed by atoms with van der Waals surface area (Å²) in [5.74, 6) is 0. The summed E-state index contributed by atoms with van der Waals surface area (Å²) in [6.45, 7) is 8.30. The molecular weight excluding hydrogens is 254 g/mol. The van der Waals surface area contributed by atoms with Gasteiger partial charge in [0.1, 0.15) is 4.99 Å². The van der Waals surface area contributed by atoms with Crippen molar-refractivity contribution in [3.05, 3.63) is 46.3 Å². The zero-order valence-electron chi connectivity index (χ0n) is 11.8. The Kier molecular flexibility index (Phi) is 3.71. The zero-order valence-corrected chi connectivity index (χ0v) is 12.6. The first-order valence-corrected chi connectivity index (χ1v) is 6.82. The number of nitrogens with two attached hydrogens (primary N) is 1. The average molecular weight is 273 g/mol.